The van der Waals surface area contributed by atoms with Crippen LogP contribution in [-0.4, -0.2) is 29.5 Å². The molecule has 0 aliphatic heterocycles. The number of sulfonamides is 1. The monoisotopic (exact) mass is 265 g/mol. The molecule has 0 fully saturated rings. The molecule has 2 aromatic rings. The summed E-state index contributed by atoms with van der Waals surface area (Å²) in [5, 5.41) is 6.20. The van der Waals surface area contributed by atoms with Crippen LogP contribution in [0.5, 0.6) is 0 Å². The molecule has 5 nitrogen and oxygen atoms in total. The molecule has 18 heavy (non-hydrogen) atoms. The lowest BCUT2D eigenvalue weighted by Crippen LogP contribution is -2.30. The molecule has 0 unspecified atom stereocenters. The summed E-state index contributed by atoms with van der Waals surface area (Å²) in [7, 11) is -3.47. The average molecular weight is 265 g/mol. The first-order valence-electron chi connectivity index (χ1n) is 5.67. The van der Waals surface area contributed by atoms with Gasteiger partial charge in [0.2, 0.25) is 10.0 Å². The Kier molecular flexibility index (Phi) is 3.78. The Labute approximate surface area is 107 Å². The van der Waals surface area contributed by atoms with E-state index in [1.807, 2.05) is 37.3 Å². The molecule has 0 saturated carbocycles. The van der Waals surface area contributed by atoms with Gasteiger partial charge in [0.05, 0.1) is 6.20 Å². The summed E-state index contributed by atoms with van der Waals surface area (Å²) < 4.78 is 26.0. The Morgan fingerprint density at radius 1 is 1.28 bits per heavy atom. The van der Waals surface area contributed by atoms with Crippen molar-refractivity contribution >= 4 is 10.0 Å². The fraction of sp³-hybridized carbons (Fsp3) is 0.250. The van der Waals surface area contributed by atoms with E-state index in [2.05, 4.69) is 10.2 Å². The molecule has 1 aromatic carbocycles. The van der Waals surface area contributed by atoms with E-state index in [0.717, 1.165) is 5.56 Å². The maximum absolute atomic E-state index is 12.3. The average Bonchev–Trinajstić information content (AvgIpc) is 2.91. The highest BCUT2D eigenvalue weighted by molar-refractivity contribution is 7.89. The van der Waals surface area contributed by atoms with Crippen LogP contribution in [0.25, 0.3) is 0 Å². The second-order valence-corrected chi connectivity index (χ2v) is 5.79. The first-order valence-corrected chi connectivity index (χ1v) is 7.11. The van der Waals surface area contributed by atoms with E-state index in [-0.39, 0.29) is 4.90 Å². The highest BCUT2D eigenvalue weighted by atomic mass is 32.2. The Bertz CT molecular complexity index is 579. The standard InChI is InChI=1S/C12H15N3O2S/c1-2-15(10-11-6-4-3-5-7-11)18(16,17)12-8-13-14-9-12/h3-9H,2,10H2,1H3,(H,13,14). The molecule has 0 radical (unpaired) electrons. The third kappa shape index (κ3) is 2.60. The molecule has 96 valence electrons. The maximum Gasteiger partial charge on any atom is 0.246 e. The SMILES string of the molecule is CCN(Cc1ccccc1)S(=O)(=O)c1cn[nH]c1. The molecule has 0 aliphatic carbocycles. The van der Waals surface area contributed by atoms with Gasteiger partial charge in [0.25, 0.3) is 0 Å². The Morgan fingerprint density at radius 2 is 2.00 bits per heavy atom. The minimum absolute atomic E-state index is 0.195. The van der Waals surface area contributed by atoms with Crippen LogP contribution in [0.3, 0.4) is 0 Å². The number of hydrogen-bond donors (Lipinski definition) is 1. The van der Waals surface area contributed by atoms with E-state index in [1.165, 1.54) is 16.7 Å². The molecule has 2 rings (SSSR count). The number of nitrogens with one attached hydrogen (secondary N) is 1. The highest BCUT2D eigenvalue weighted by Gasteiger charge is 2.23. The maximum atomic E-state index is 12.3. The number of rotatable bonds is 5. The van der Waals surface area contributed by atoms with Crippen LogP contribution in [0.15, 0.2) is 47.6 Å². The van der Waals surface area contributed by atoms with Gasteiger partial charge in [0.15, 0.2) is 0 Å². The van der Waals surface area contributed by atoms with Crippen molar-refractivity contribution in [2.45, 2.75) is 18.4 Å². The van der Waals surface area contributed by atoms with Gasteiger partial charge in [-0.05, 0) is 5.56 Å². The van der Waals surface area contributed by atoms with Gasteiger partial charge < -0.3 is 0 Å². The van der Waals surface area contributed by atoms with Crippen LogP contribution >= 0.6 is 0 Å². The van der Waals surface area contributed by atoms with Crippen LogP contribution < -0.4 is 0 Å². The topological polar surface area (TPSA) is 66.1 Å². The molecule has 1 heterocycles. The molecule has 0 amide bonds. The van der Waals surface area contributed by atoms with Crippen LogP contribution in [0.1, 0.15) is 12.5 Å². The molecule has 0 bridgehead atoms. The Balaban J connectivity index is 2.25. The van der Waals surface area contributed by atoms with Crippen molar-refractivity contribution < 1.29 is 8.42 Å². The minimum atomic E-state index is -3.47. The van der Waals surface area contributed by atoms with Gasteiger partial charge in [0.1, 0.15) is 4.90 Å². The van der Waals surface area contributed by atoms with E-state index in [1.54, 1.807) is 0 Å². The van der Waals surface area contributed by atoms with Crippen molar-refractivity contribution in [1.82, 2.24) is 14.5 Å². The number of H-pyrrole nitrogens is 1. The largest absolute Gasteiger partial charge is 0.284 e. The Morgan fingerprint density at radius 3 is 2.56 bits per heavy atom. The fourth-order valence-electron chi connectivity index (χ4n) is 1.68. The lowest BCUT2D eigenvalue weighted by Gasteiger charge is -2.19. The second kappa shape index (κ2) is 5.32. The molecule has 1 N–H and O–H groups in total. The molecular weight excluding hydrogens is 250 g/mol. The second-order valence-electron chi connectivity index (χ2n) is 3.85. The normalized spacial score (nSPS) is 11.9. The smallest absolute Gasteiger partial charge is 0.246 e. The summed E-state index contributed by atoms with van der Waals surface area (Å²) in [5.41, 5.74) is 0.964. The van der Waals surface area contributed by atoms with Crippen LogP contribution in [0, 0.1) is 0 Å². The third-order valence-electron chi connectivity index (χ3n) is 2.67. The molecule has 0 aliphatic rings. The zero-order valence-corrected chi connectivity index (χ0v) is 10.9. The minimum Gasteiger partial charge on any atom is -0.284 e. The first kappa shape index (κ1) is 12.8. The van der Waals surface area contributed by atoms with E-state index < -0.39 is 10.0 Å². The molecule has 0 atom stereocenters. The van der Waals surface area contributed by atoms with Gasteiger partial charge in [-0.15, -0.1) is 0 Å². The lowest BCUT2D eigenvalue weighted by atomic mass is 10.2. The van der Waals surface area contributed by atoms with Crippen molar-refractivity contribution in [2.24, 2.45) is 0 Å². The summed E-state index contributed by atoms with van der Waals surface area (Å²) in [4.78, 5) is 0.195. The van der Waals surface area contributed by atoms with Gasteiger partial charge >= 0.3 is 0 Å². The van der Waals surface area contributed by atoms with E-state index >= 15 is 0 Å². The predicted octanol–water partition coefficient (Wildman–Crippen LogP) is 1.62. The quantitative estimate of drug-likeness (QED) is 0.893. The number of hydrogen-bond acceptors (Lipinski definition) is 3. The summed E-state index contributed by atoms with van der Waals surface area (Å²) >= 11 is 0. The zero-order valence-electron chi connectivity index (χ0n) is 10.1. The molecule has 1 aromatic heterocycles. The fourth-order valence-corrected chi connectivity index (χ4v) is 3.03. The highest BCUT2D eigenvalue weighted by Crippen LogP contribution is 2.16. The number of aromatic amines is 1. The van der Waals surface area contributed by atoms with Crippen molar-refractivity contribution in [3.05, 3.63) is 48.3 Å². The van der Waals surface area contributed by atoms with E-state index in [0.29, 0.717) is 13.1 Å². The Hall–Kier alpha value is -1.66. The molecule has 0 saturated heterocycles. The van der Waals surface area contributed by atoms with Crippen LogP contribution in [0.4, 0.5) is 0 Å². The number of nitrogens with zero attached hydrogens (tertiary/aromatic N) is 2. The van der Waals surface area contributed by atoms with Crippen molar-refractivity contribution in [2.75, 3.05) is 6.54 Å². The summed E-state index contributed by atoms with van der Waals surface area (Å²) in [6.07, 6.45) is 2.71. The van der Waals surface area contributed by atoms with E-state index in [9.17, 15) is 8.42 Å². The van der Waals surface area contributed by atoms with Crippen LogP contribution in [0.2, 0.25) is 0 Å². The number of benzene rings is 1. The molecule has 6 heteroatoms. The summed E-state index contributed by atoms with van der Waals surface area (Å²) in [6, 6.07) is 9.52. The van der Waals surface area contributed by atoms with Crippen molar-refractivity contribution in [3.8, 4) is 0 Å². The van der Waals surface area contributed by atoms with Crippen molar-refractivity contribution in [1.29, 1.82) is 0 Å². The number of aromatic nitrogens is 2. The van der Waals surface area contributed by atoms with Gasteiger partial charge in [-0.25, -0.2) is 8.42 Å². The predicted molar refractivity (Wildman–Crippen MR) is 68.3 cm³/mol. The molecular formula is C12H15N3O2S. The van der Waals surface area contributed by atoms with Crippen molar-refractivity contribution in [3.63, 3.8) is 0 Å². The summed E-state index contributed by atoms with van der Waals surface area (Å²) in [5.74, 6) is 0. The molecule has 0 spiro atoms. The van der Waals surface area contributed by atoms with Gasteiger partial charge in [0, 0.05) is 19.3 Å². The van der Waals surface area contributed by atoms with E-state index in [4.69, 9.17) is 0 Å². The van der Waals surface area contributed by atoms with Crippen LogP contribution in [-0.2, 0) is 16.6 Å². The lowest BCUT2D eigenvalue weighted by molar-refractivity contribution is 0.423. The van der Waals surface area contributed by atoms with Gasteiger partial charge in [-0.2, -0.15) is 9.40 Å². The third-order valence-corrected chi connectivity index (χ3v) is 4.55. The summed E-state index contributed by atoms with van der Waals surface area (Å²) in [6.45, 7) is 2.60. The van der Waals surface area contributed by atoms with Gasteiger partial charge in [-0.1, -0.05) is 37.3 Å². The van der Waals surface area contributed by atoms with Gasteiger partial charge in [-0.3, -0.25) is 5.10 Å². The first-order chi connectivity index (χ1) is 8.64. The zero-order chi connectivity index (χ0) is 13.0.